The highest BCUT2D eigenvalue weighted by Crippen LogP contribution is 2.64. The molecule has 2 unspecified atom stereocenters. The van der Waals surface area contributed by atoms with E-state index in [1.807, 2.05) is 58.0 Å². The second-order valence-corrected chi connectivity index (χ2v) is 12.5. The summed E-state index contributed by atoms with van der Waals surface area (Å²) in [7, 11) is 0. The molecule has 1 spiro atoms. The average molecular weight is 566 g/mol. The summed E-state index contributed by atoms with van der Waals surface area (Å²) in [5, 5.41) is 10.6. The Morgan fingerprint density at radius 2 is 1.78 bits per heavy atom. The first kappa shape index (κ1) is 31.0. The minimum Gasteiger partial charge on any atom is -0.394 e. The fourth-order valence-corrected chi connectivity index (χ4v) is 7.51. The summed E-state index contributed by atoms with van der Waals surface area (Å²) < 4.78 is 6.83. The van der Waals surface area contributed by atoms with Gasteiger partial charge in [0.1, 0.15) is 11.6 Å². The summed E-state index contributed by atoms with van der Waals surface area (Å²) in [6.45, 7) is 17.0. The van der Waals surface area contributed by atoms with Crippen LogP contribution >= 0.6 is 0 Å². The van der Waals surface area contributed by atoms with Crippen LogP contribution in [0.3, 0.4) is 0 Å². The van der Waals surface area contributed by atoms with Gasteiger partial charge in [-0.2, -0.15) is 0 Å². The largest absolute Gasteiger partial charge is 0.394 e. The average Bonchev–Trinajstić information content (AvgIpc) is 3.51. The van der Waals surface area contributed by atoms with Gasteiger partial charge in [0, 0.05) is 26.2 Å². The van der Waals surface area contributed by atoms with Crippen molar-refractivity contribution in [3.63, 3.8) is 0 Å². The zero-order valence-electron chi connectivity index (χ0n) is 25.1. The van der Waals surface area contributed by atoms with Gasteiger partial charge in [-0.3, -0.25) is 14.4 Å². The maximum atomic E-state index is 14.7. The monoisotopic (exact) mass is 565 g/mol. The van der Waals surface area contributed by atoms with Crippen LogP contribution in [0.2, 0.25) is 0 Å². The lowest BCUT2D eigenvalue weighted by Crippen LogP contribution is -2.58. The number of amides is 3. The Morgan fingerprint density at radius 1 is 1.12 bits per heavy atom. The van der Waals surface area contributed by atoms with Crippen LogP contribution in [0.15, 0.2) is 55.6 Å². The van der Waals surface area contributed by atoms with Gasteiger partial charge in [-0.05, 0) is 44.1 Å². The highest BCUT2D eigenvalue weighted by atomic mass is 16.5. The van der Waals surface area contributed by atoms with Crippen LogP contribution in [0, 0.1) is 17.8 Å². The third kappa shape index (κ3) is 5.48. The van der Waals surface area contributed by atoms with Crippen LogP contribution in [0.4, 0.5) is 0 Å². The first-order valence-electron chi connectivity index (χ1n) is 15.0. The molecule has 1 N–H and O–H groups in total. The van der Waals surface area contributed by atoms with Crippen molar-refractivity contribution in [3.05, 3.63) is 61.2 Å². The highest BCUT2D eigenvalue weighted by molar-refractivity contribution is 5.99. The molecule has 3 heterocycles. The Labute approximate surface area is 245 Å². The summed E-state index contributed by atoms with van der Waals surface area (Å²) in [6, 6.07) is 8.21. The van der Waals surface area contributed by atoms with Crippen molar-refractivity contribution in [2.75, 3.05) is 26.2 Å². The van der Waals surface area contributed by atoms with Gasteiger partial charge in [-0.25, -0.2) is 0 Å². The summed E-state index contributed by atoms with van der Waals surface area (Å²) in [5.74, 6) is -1.95. The van der Waals surface area contributed by atoms with E-state index in [1.54, 1.807) is 26.9 Å². The van der Waals surface area contributed by atoms with Crippen molar-refractivity contribution < 1.29 is 24.2 Å². The summed E-state index contributed by atoms with van der Waals surface area (Å²) in [6.07, 6.45) is 5.77. The third-order valence-corrected chi connectivity index (χ3v) is 9.09. The SMILES string of the molecule is C=CCN(Cc1ccccc1)C(=O)C1N([C@@H](CO)CC(C)C)C(=O)[C@@H]2[C@H](C(=O)N(CC=C)CCC)[C@]3(C)CCC12O3. The van der Waals surface area contributed by atoms with Gasteiger partial charge in [0.25, 0.3) is 0 Å². The molecule has 8 nitrogen and oxygen atoms in total. The second kappa shape index (κ2) is 12.5. The molecule has 1 aromatic rings. The van der Waals surface area contributed by atoms with Gasteiger partial charge in [0.2, 0.25) is 17.7 Å². The Hall–Kier alpha value is -2.97. The molecule has 4 rings (SSSR count). The van der Waals surface area contributed by atoms with E-state index < -0.39 is 35.1 Å². The van der Waals surface area contributed by atoms with Crippen LogP contribution in [0.5, 0.6) is 0 Å². The van der Waals surface area contributed by atoms with Gasteiger partial charge in [0.05, 0.1) is 30.1 Å². The fraction of sp³-hybridized carbons (Fsp3) is 0.606. The maximum Gasteiger partial charge on any atom is 0.249 e. The lowest BCUT2D eigenvalue weighted by atomic mass is 9.66. The van der Waals surface area contributed by atoms with E-state index in [4.69, 9.17) is 4.74 Å². The van der Waals surface area contributed by atoms with E-state index in [1.165, 1.54) is 0 Å². The molecule has 3 saturated heterocycles. The minimum absolute atomic E-state index is 0.126. The maximum absolute atomic E-state index is 14.7. The molecule has 224 valence electrons. The third-order valence-electron chi connectivity index (χ3n) is 9.09. The standard InChI is InChI=1S/C33H47N3O5/c1-7-17-34(18-8-2)29(38)26-27-30(39)36(25(22-37)20-23(4)5)28(33(27)16-15-32(26,6)41-33)31(40)35(19-9-3)21-24-13-11-10-12-14-24/h7,9-14,23,25-28,37H,1,3,8,15-22H2,2,4-6H3/t25-,26-,27+,28?,32+,33?/m1/s1. The lowest BCUT2D eigenvalue weighted by molar-refractivity contribution is -0.157. The van der Waals surface area contributed by atoms with E-state index in [0.29, 0.717) is 45.4 Å². The number of rotatable bonds is 14. The second-order valence-electron chi connectivity index (χ2n) is 12.5. The molecular weight excluding hydrogens is 518 g/mol. The van der Waals surface area contributed by atoms with Gasteiger partial charge in [-0.15, -0.1) is 13.2 Å². The predicted octanol–water partition coefficient (Wildman–Crippen LogP) is 3.80. The number of aliphatic hydroxyl groups is 1. The molecule has 3 fully saturated rings. The number of carbonyl (C=O) groups is 3. The quantitative estimate of drug-likeness (QED) is 0.347. The van der Waals surface area contributed by atoms with Crippen molar-refractivity contribution in [2.24, 2.45) is 17.8 Å². The Bertz CT molecular complexity index is 1140. The van der Waals surface area contributed by atoms with Crippen LogP contribution < -0.4 is 0 Å². The molecule has 0 aliphatic carbocycles. The molecule has 0 radical (unpaired) electrons. The Morgan fingerprint density at radius 3 is 2.37 bits per heavy atom. The van der Waals surface area contributed by atoms with E-state index in [-0.39, 0.29) is 30.2 Å². The van der Waals surface area contributed by atoms with Crippen LogP contribution in [0.1, 0.15) is 58.9 Å². The number of hydrogen-bond donors (Lipinski definition) is 1. The van der Waals surface area contributed by atoms with Gasteiger partial charge in [0.15, 0.2) is 0 Å². The number of aliphatic hydroxyl groups excluding tert-OH is 1. The molecule has 1 aromatic carbocycles. The molecule has 3 aliphatic rings. The number of carbonyl (C=O) groups excluding carboxylic acids is 3. The van der Waals surface area contributed by atoms with Crippen molar-refractivity contribution in [1.29, 1.82) is 0 Å². The summed E-state index contributed by atoms with van der Waals surface area (Å²) >= 11 is 0. The van der Waals surface area contributed by atoms with Crippen molar-refractivity contribution >= 4 is 17.7 Å². The zero-order valence-corrected chi connectivity index (χ0v) is 25.1. The van der Waals surface area contributed by atoms with Crippen molar-refractivity contribution in [2.45, 2.75) is 83.2 Å². The summed E-state index contributed by atoms with van der Waals surface area (Å²) in [4.78, 5) is 48.4. The number of benzene rings is 1. The smallest absolute Gasteiger partial charge is 0.249 e. The topological polar surface area (TPSA) is 90.4 Å². The van der Waals surface area contributed by atoms with Gasteiger partial charge in [-0.1, -0.05) is 63.3 Å². The predicted molar refractivity (Wildman–Crippen MR) is 159 cm³/mol. The molecule has 3 aliphatic heterocycles. The lowest BCUT2D eigenvalue weighted by Gasteiger charge is -2.40. The van der Waals surface area contributed by atoms with E-state index in [2.05, 4.69) is 13.2 Å². The molecule has 2 bridgehead atoms. The molecule has 3 amide bonds. The number of fused-ring (bicyclic) bond motifs is 1. The molecule has 8 heteroatoms. The first-order chi connectivity index (χ1) is 19.6. The fourth-order valence-electron chi connectivity index (χ4n) is 7.51. The zero-order chi connectivity index (χ0) is 29.9. The first-order valence-corrected chi connectivity index (χ1v) is 15.0. The Balaban J connectivity index is 1.81. The van der Waals surface area contributed by atoms with Gasteiger partial charge < -0.3 is 24.5 Å². The number of ether oxygens (including phenoxy) is 1. The van der Waals surface area contributed by atoms with E-state index in [0.717, 1.165) is 12.0 Å². The molecule has 0 saturated carbocycles. The molecule has 0 aromatic heterocycles. The Kier molecular flexibility index (Phi) is 9.44. The van der Waals surface area contributed by atoms with Crippen molar-refractivity contribution in [3.8, 4) is 0 Å². The van der Waals surface area contributed by atoms with Crippen LogP contribution in [-0.2, 0) is 25.7 Å². The van der Waals surface area contributed by atoms with Gasteiger partial charge >= 0.3 is 0 Å². The normalized spacial score (nSPS) is 29.0. The number of likely N-dealkylation sites (tertiary alicyclic amines) is 1. The number of nitrogens with zero attached hydrogens (tertiary/aromatic N) is 3. The van der Waals surface area contributed by atoms with E-state index in [9.17, 15) is 19.5 Å². The summed E-state index contributed by atoms with van der Waals surface area (Å²) in [5.41, 5.74) is -1.04. The van der Waals surface area contributed by atoms with Crippen LogP contribution in [0.25, 0.3) is 0 Å². The van der Waals surface area contributed by atoms with Crippen LogP contribution in [-0.4, -0.2) is 87.1 Å². The highest BCUT2D eigenvalue weighted by Gasteiger charge is 2.78. The molecule has 41 heavy (non-hydrogen) atoms. The molecular formula is C33H47N3O5. The van der Waals surface area contributed by atoms with E-state index >= 15 is 0 Å². The molecule has 6 atom stereocenters. The minimum atomic E-state index is -1.14. The number of hydrogen-bond acceptors (Lipinski definition) is 5. The van der Waals surface area contributed by atoms with Crippen molar-refractivity contribution in [1.82, 2.24) is 14.7 Å².